The summed E-state index contributed by atoms with van der Waals surface area (Å²) in [5.41, 5.74) is -7.33. The van der Waals surface area contributed by atoms with Gasteiger partial charge in [0.15, 0.2) is 0 Å². The Morgan fingerprint density at radius 3 is 2.07 bits per heavy atom. The first kappa shape index (κ1) is 39.0. The van der Waals surface area contributed by atoms with E-state index >= 15 is 0 Å². The third-order valence-corrected chi connectivity index (χ3v) is 9.81. The number of likely N-dealkylation sites (tertiary alicyclic amines) is 1. The number of halogens is 3. The molecule has 0 aromatic rings. The van der Waals surface area contributed by atoms with Crippen molar-refractivity contribution in [3.63, 3.8) is 0 Å². The molecule has 2 aliphatic rings. The van der Waals surface area contributed by atoms with E-state index in [1.54, 1.807) is 48.5 Å². The number of likely N-dealkylation sites (N-methyl/N-ethyl adjacent to an activating group) is 1. The van der Waals surface area contributed by atoms with E-state index in [4.69, 9.17) is 0 Å². The van der Waals surface area contributed by atoms with Gasteiger partial charge in [0.2, 0.25) is 17.6 Å². The van der Waals surface area contributed by atoms with Gasteiger partial charge in [-0.25, -0.2) is 13.2 Å². The Hall–Kier alpha value is -3.21. The number of urea groups is 1. The van der Waals surface area contributed by atoms with E-state index < -0.39 is 86.6 Å². The number of rotatable bonds is 13. The first-order valence-electron chi connectivity index (χ1n) is 15.0. The fourth-order valence-corrected chi connectivity index (χ4v) is 5.96. The van der Waals surface area contributed by atoms with Crippen LogP contribution < -0.4 is 21.3 Å². The second-order valence-corrected chi connectivity index (χ2v) is 16.0. The Kier molecular flexibility index (Phi) is 12.1. The van der Waals surface area contributed by atoms with Crippen molar-refractivity contribution in [2.24, 2.45) is 22.7 Å². The van der Waals surface area contributed by atoms with Crippen LogP contribution in [0.15, 0.2) is 12.7 Å². The zero-order chi connectivity index (χ0) is 35.6. The number of nitrogens with one attached hydrogen (secondary N) is 4. The number of carbonyl (C=O) groups excluding carboxylic acids is 5. The molecule has 1 aliphatic heterocycles. The van der Waals surface area contributed by atoms with Crippen molar-refractivity contribution in [3.8, 4) is 0 Å². The number of Topliss-reactive ketones (excluding diaryl/α,β-unsaturated/α-hetero) is 1. The van der Waals surface area contributed by atoms with E-state index in [1.165, 1.54) is 11.0 Å². The number of sulfonamides is 1. The first-order chi connectivity index (χ1) is 20.9. The van der Waals surface area contributed by atoms with E-state index in [1.807, 2.05) is 0 Å². The molecule has 17 heteroatoms. The van der Waals surface area contributed by atoms with Gasteiger partial charge in [-0.05, 0) is 35.5 Å². The van der Waals surface area contributed by atoms with Crippen LogP contribution in [0.2, 0.25) is 0 Å². The second kappa shape index (κ2) is 14.3. The lowest BCUT2D eigenvalue weighted by molar-refractivity contribution is -0.144. The molecular weight excluding hydrogens is 633 g/mol. The molecule has 0 aromatic carbocycles. The minimum absolute atomic E-state index is 0.0391. The van der Waals surface area contributed by atoms with Gasteiger partial charge < -0.3 is 26.2 Å². The Morgan fingerprint density at radius 1 is 1.00 bits per heavy atom. The minimum atomic E-state index is -5.66. The molecule has 0 spiro atoms. The molecule has 5 amide bonds. The number of amides is 5. The second-order valence-electron chi connectivity index (χ2n) is 14.0. The summed E-state index contributed by atoms with van der Waals surface area (Å²) in [6, 6.07) is -5.29. The monoisotopic (exact) mass is 680 g/mol. The normalized spacial score (nSPS) is 21.8. The maximum atomic E-state index is 14.0. The highest BCUT2D eigenvalue weighted by molar-refractivity contribution is 7.89. The summed E-state index contributed by atoms with van der Waals surface area (Å²) in [7, 11) is -4.90. The molecule has 1 saturated carbocycles. The summed E-state index contributed by atoms with van der Waals surface area (Å²) < 4.78 is 63.3. The van der Waals surface area contributed by atoms with Crippen LogP contribution in [0.4, 0.5) is 18.0 Å². The van der Waals surface area contributed by atoms with Gasteiger partial charge in [-0.15, -0.1) is 6.58 Å². The van der Waals surface area contributed by atoms with Crippen LogP contribution >= 0.6 is 0 Å². The predicted molar refractivity (Wildman–Crippen MR) is 163 cm³/mol. The van der Waals surface area contributed by atoms with Crippen molar-refractivity contribution in [1.29, 1.82) is 0 Å². The topological polar surface area (TPSA) is 174 Å². The molecule has 2 fully saturated rings. The number of piperidine rings is 1. The molecule has 46 heavy (non-hydrogen) atoms. The molecule has 4 N–H and O–H groups in total. The standard InChI is InChI=1S/C29H47F3N6O7S/c1-10-12-33-24(41)21(39)18(11-2)34-23(40)20-17-13-16(17)14-38(20)25(42)22(28(6,7)8)36-26(43)35-19(27(3,4)5)15-37(9)46(44,45)29(30,31)32/h10,16-20,22H,1,11-15H2,2-9H3,(H,33,41)(H,34,40)(H2,35,36,43)/t16-,17-,18?,19+,20-,22+/m0/s1. The summed E-state index contributed by atoms with van der Waals surface area (Å²) in [4.78, 5) is 66.9. The number of nitrogens with zero attached hydrogens (tertiary/aromatic N) is 2. The zero-order valence-corrected chi connectivity index (χ0v) is 28.4. The summed E-state index contributed by atoms with van der Waals surface area (Å²) >= 11 is 0. The molecule has 1 saturated heterocycles. The SMILES string of the molecule is C=CCNC(=O)C(=O)C(CC)NC(=O)[C@@H]1[C@H]2C[C@H]2CN1C(=O)[C@@H](NC(=O)N[C@H](CN(C)S(=O)(=O)C(F)(F)F)C(C)(C)C)C(C)(C)C. The van der Waals surface area contributed by atoms with E-state index in [9.17, 15) is 45.6 Å². The predicted octanol–water partition coefficient (Wildman–Crippen LogP) is 1.51. The Balaban J connectivity index is 2.24. The number of ketones is 1. The number of carbonyl (C=O) groups is 5. The third-order valence-electron chi connectivity index (χ3n) is 8.26. The summed E-state index contributed by atoms with van der Waals surface area (Å²) in [6.07, 6.45) is 2.21. The Bertz CT molecular complexity index is 1310. The molecule has 0 radical (unpaired) electrons. The van der Waals surface area contributed by atoms with Crippen molar-refractivity contribution in [3.05, 3.63) is 12.7 Å². The van der Waals surface area contributed by atoms with Crippen molar-refractivity contribution in [1.82, 2.24) is 30.5 Å². The molecule has 0 aromatic heterocycles. The molecule has 0 bridgehead atoms. The minimum Gasteiger partial charge on any atom is -0.346 e. The summed E-state index contributed by atoms with van der Waals surface area (Å²) in [5.74, 6) is -3.03. The van der Waals surface area contributed by atoms with Gasteiger partial charge in [-0.2, -0.15) is 17.5 Å². The molecule has 6 atom stereocenters. The molecule has 2 rings (SSSR count). The maximum absolute atomic E-state index is 14.0. The van der Waals surface area contributed by atoms with Crippen LogP contribution in [-0.4, -0.2) is 104 Å². The smallest absolute Gasteiger partial charge is 0.346 e. The first-order valence-corrected chi connectivity index (χ1v) is 16.5. The fourth-order valence-electron chi connectivity index (χ4n) is 5.26. The molecule has 1 heterocycles. The van der Waals surface area contributed by atoms with E-state index in [0.29, 0.717) is 6.42 Å². The van der Waals surface area contributed by atoms with Crippen LogP contribution in [0.1, 0.15) is 61.3 Å². The highest BCUT2D eigenvalue weighted by Crippen LogP contribution is 2.50. The number of alkyl halides is 3. The third kappa shape index (κ3) is 9.20. The van der Waals surface area contributed by atoms with Gasteiger partial charge in [0.1, 0.15) is 12.1 Å². The number of hydrogen-bond acceptors (Lipinski definition) is 7. The van der Waals surface area contributed by atoms with E-state index in [2.05, 4.69) is 27.8 Å². The molecule has 262 valence electrons. The van der Waals surface area contributed by atoms with Gasteiger partial charge in [-0.1, -0.05) is 54.5 Å². The lowest BCUT2D eigenvalue weighted by Gasteiger charge is -2.38. The number of fused-ring (bicyclic) bond motifs is 1. The van der Waals surface area contributed by atoms with Gasteiger partial charge in [0.25, 0.3) is 5.91 Å². The van der Waals surface area contributed by atoms with Crippen LogP contribution in [0.3, 0.4) is 0 Å². The van der Waals surface area contributed by atoms with Crippen molar-refractivity contribution >= 4 is 39.6 Å². The molecule has 1 aliphatic carbocycles. The average Bonchev–Trinajstić information content (AvgIpc) is 3.58. The summed E-state index contributed by atoms with van der Waals surface area (Å²) in [5, 5.41) is 10.1. The van der Waals surface area contributed by atoms with Crippen LogP contribution in [-0.2, 0) is 29.2 Å². The Labute approximate surface area is 268 Å². The summed E-state index contributed by atoms with van der Waals surface area (Å²) in [6.45, 7) is 14.6. The van der Waals surface area contributed by atoms with E-state index in [0.717, 1.165) is 7.05 Å². The zero-order valence-electron chi connectivity index (χ0n) is 27.6. The Morgan fingerprint density at radius 2 is 1.59 bits per heavy atom. The van der Waals surface area contributed by atoms with Gasteiger partial charge in [0.05, 0.1) is 6.04 Å². The lowest BCUT2D eigenvalue weighted by Crippen LogP contribution is -2.62. The highest BCUT2D eigenvalue weighted by Gasteiger charge is 2.58. The van der Waals surface area contributed by atoms with Gasteiger partial charge >= 0.3 is 21.6 Å². The largest absolute Gasteiger partial charge is 0.511 e. The van der Waals surface area contributed by atoms with Gasteiger partial charge in [-0.3, -0.25) is 19.2 Å². The average molecular weight is 681 g/mol. The quantitative estimate of drug-likeness (QED) is 0.169. The molecule has 1 unspecified atom stereocenters. The van der Waals surface area contributed by atoms with Crippen LogP contribution in [0, 0.1) is 22.7 Å². The highest BCUT2D eigenvalue weighted by atomic mass is 32.2. The maximum Gasteiger partial charge on any atom is 0.511 e. The van der Waals surface area contributed by atoms with Crippen molar-refractivity contribution < 1.29 is 45.6 Å². The molecular formula is C29H47F3N6O7S. The van der Waals surface area contributed by atoms with E-state index in [-0.39, 0.29) is 35.7 Å². The van der Waals surface area contributed by atoms with Gasteiger partial charge in [0, 0.05) is 32.7 Å². The molecule has 13 nitrogen and oxygen atoms in total. The lowest BCUT2D eigenvalue weighted by atomic mass is 9.85. The fraction of sp³-hybridized carbons (Fsp3) is 0.759. The van der Waals surface area contributed by atoms with Crippen molar-refractivity contribution in [2.45, 2.75) is 91.0 Å². The number of hydrogen-bond donors (Lipinski definition) is 4. The van der Waals surface area contributed by atoms with Crippen molar-refractivity contribution in [2.75, 3.05) is 26.7 Å². The van der Waals surface area contributed by atoms with Crippen LogP contribution in [0.5, 0.6) is 0 Å². The van der Waals surface area contributed by atoms with Crippen LogP contribution in [0.25, 0.3) is 0 Å².